The zero-order valence-corrected chi connectivity index (χ0v) is 37.8. The fraction of sp³-hybridized carbons (Fsp3) is 0. The van der Waals surface area contributed by atoms with E-state index in [1.165, 1.54) is 0 Å². The molecule has 0 amide bonds. The van der Waals surface area contributed by atoms with Crippen molar-refractivity contribution in [1.29, 1.82) is 0 Å². The van der Waals surface area contributed by atoms with Gasteiger partial charge in [0.1, 0.15) is 0 Å². The van der Waals surface area contributed by atoms with Crippen molar-refractivity contribution in [2.45, 2.75) is 0 Å². The van der Waals surface area contributed by atoms with Crippen molar-refractivity contribution in [2.75, 3.05) is 0 Å². The third-order valence-electron chi connectivity index (χ3n) is 0.213. The minimum absolute atomic E-state index is 0. The largest absolute Gasteiger partial charge is 2.00 e. The average Bonchev–Trinajstić information content (AvgIpc) is 1.14. The molecule has 0 aromatic carbocycles. The van der Waals surface area contributed by atoms with Gasteiger partial charge in [0.15, 0.2) is 0 Å². The maximum absolute atomic E-state index is 9.63. The van der Waals surface area contributed by atoms with Gasteiger partial charge < -0.3 is 51.0 Å². The normalized spacial score (nSPS) is 6.20. The third kappa shape index (κ3) is 76.8. The molecule has 100 valence electrons. The van der Waals surface area contributed by atoms with Gasteiger partial charge in [-0.05, 0) is 0 Å². The van der Waals surface area contributed by atoms with Crippen molar-refractivity contribution < 1.29 is 64.4 Å². The molecule has 0 rings (SSSR count). The van der Waals surface area contributed by atoms with Gasteiger partial charge in [-0.3, -0.25) is 0 Å². The summed E-state index contributed by atoms with van der Waals surface area (Å²) in [6.45, 7) is 0. The molecule has 0 unspecified atom stereocenters. The molecule has 0 spiro atoms. The summed E-state index contributed by atoms with van der Waals surface area (Å²) in [7, 11) is -10.1. The summed E-state index contributed by atoms with van der Waals surface area (Å²) < 4.78 is 22.2. The Morgan fingerprint density at radius 3 is 0.600 bits per heavy atom. The summed E-state index contributed by atoms with van der Waals surface area (Å²) in [4.78, 5) is 31.0. The van der Waals surface area contributed by atoms with Gasteiger partial charge in [0, 0.05) is 0 Å². The molecule has 0 aromatic rings. The molecule has 0 saturated carbocycles. The maximum atomic E-state index is 9.63. The topological polar surface area (TPSA) is 124 Å². The van der Waals surface area contributed by atoms with Crippen molar-refractivity contribution in [2.24, 2.45) is 0 Å². The van der Waals surface area contributed by atoms with E-state index in [2.05, 4.69) is 4.31 Å². The van der Waals surface area contributed by atoms with Crippen LogP contribution in [0.4, 0.5) is 0 Å². The second-order valence-electron chi connectivity index (χ2n) is 1.06. The van der Waals surface area contributed by atoms with Gasteiger partial charge in [0.05, 0.1) is 0 Å². The Bertz CT molecular complexity index is 209. The number of rotatable bonds is 2. The molecule has 20 heteroatoms. The molecule has 0 atom stereocenters. The van der Waals surface area contributed by atoms with Crippen LogP contribution in [0.1, 0.15) is 31.4 Å². The van der Waals surface area contributed by atoms with Crippen LogP contribution in [0.25, 0.3) is 0 Å². The summed E-state index contributed by atoms with van der Waals surface area (Å²) in [5.41, 5.74) is 0. The van der Waals surface area contributed by atoms with Gasteiger partial charge in [-0.25, -0.2) is 9.13 Å². The zero-order valence-electron chi connectivity index (χ0n) is 33.7. The fourth-order valence-corrected chi connectivity index (χ4v) is 1.25. The Hall–Kier alpha value is 14.1. The van der Waals surface area contributed by atoms with Crippen LogP contribution in [-0.2, 0) is 13.4 Å². The standard InChI is InChI=1S/11Ca.H4O7P2.22H/c;;;;;;;;;;;1-8(2,3)7-9(4,5)6;;;;;;;;;;;;;;;;;;;;;;/h;;;;;;;;;;;(H2,1,2,3)(H2,4,5,6);;;;;;;;;;;;;;;;;;;;;;/q11*+2;;22*-1. The van der Waals surface area contributed by atoms with E-state index in [1.807, 2.05) is 0 Å². The van der Waals surface area contributed by atoms with Crippen molar-refractivity contribution in [3.63, 3.8) is 0 Å². The Labute approximate surface area is 480 Å². The van der Waals surface area contributed by atoms with Crippen molar-refractivity contribution >= 4 is 431 Å². The molecule has 0 aromatic heterocycles. The van der Waals surface area contributed by atoms with E-state index in [1.54, 1.807) is 0 Å². The Balaban J connectivity index is -0.000000000606. The molecular formula is H26Ca11O7P2. The third-order valence-corrected chi connectivity index (χ3v) is 1.91. The second-order valence-corrected chi connectivity index (χ2v) is 3.68. The van der Waals surface area contributed by atoms with Gasteiger partial charge in [0.25, 0.3) is 0 Å². The molecule has 7 nitrogen and oxygen atoms in total. The van der Waals surface area contributed by atoms with E-state index in [-0.39, 0.29) is 447 Å². The van der Waals surface area contributed by atoms with Crippen LogP contribution < -0.4 is 0 Å². The van der Waals surface area contributed by atoms with E-state index < -0.39 is 15.6 Å². The Morgan fingerprint density at radius 1 is 0.500 bits per heavy atom. The minimum atomic E-state index is -5.05. The first-order valence-corrected chi connectivity index (χ1v) is 4.59. The van der Waals surface area contributed by atoms with Crippen LogP contribution in [0.2, 0.25) is 0 Å². The molecule has 0 saturated heterocycles. The Morgan fingerprint density at radius 2 is 0.600 bits per heavy atom. The summed E-state index contributed by atoms with van der Waals surface area (Å²) in [5.74, 6) is 0. The van der Waals surface area contributed by atoms with Crippen molar-refractivity contribution in [3.05, 3.63) is 0 Å². The molecule has 0 fully saturated rings. The number of phosphoric acid groups is 2. The monoisotopic (exact) mass is 640 g/mol. The van der Waals surface area contributed by atoms with Crippen LogP contribution >= 0.6 is 15.6 Å². The average molecular weight is 641 g/mol. The molecule has 0 aliphatic heterocycles. The molecule has 0 heterocycles. The van der Waals surface area contributed by atoms with Crippen molar-refractivity contribution in [3.8, 4) is 0 Å². The van der Waals surface area contributed by atoms with E-state index in [0.717, 1.165) is 0 Å². The minimum Gasteiger partial charge on any atom is -1.00 e. The predicted octanol–water partition coefficient (Wildman–Crippen LogP) is -2.53. The van der Waals surface area contributed by atoms with E-state index in [4.69, 9.17) is 19.6 Å². The van der Waals surface area contributed by atoms with Crippen LogP contribution in [-0.4, -0.2) is 435 Å². The van der Waals surface area contributed by atoms with Gasteiger partial charge in [0.2, 0.25) is 0 Å². The Kier molecular flexibility index (Phi) is 178. The number of hydrogen-bond donors (Lipinski definition) is 4. The molecule has 4 N–H and O–H groups in total. The summed E-state index contributed by atoms with van der Waals surface area (Å²) in [5, 5.41) is 0. The molecule has 0 aliphatic carbocycles. The van der Waals surface area contributed by atoms with Gasteiger partial charge in [-0.1, -0.05) is 0 Å². The van der Waals surface area contributed by atoms with Crippen LogP contribution in [0.5, 0.6) is 0 Å². The van der Waals surface area contributed by atoms with E-state index in [0.29, 0.717) is 0 Å². The molecule has 0 radical (unpaired) electrons. The number of hydrogen-bond acceptors (Lipinski definition) is 3. The fourth-order valence-electron chi connectivity index (χ4n) is 0.139. The van der Waals surface area contributed by atoms with E-state index in [9.17, 15) is 9.13 Å². The van der Waals surface area contributed by atoms with Gasteiger partial charge in [-0.15, -0.1) is 0 Å². The summed E-state index contributed by atoms with van der Waals surface area (Å²) >= 11 is 0. The molecule has 0 aliphatic rings. The summed E-state index contributed by atoms with van der Waals surface area (Å²) in [6.07, 6.45) is 0. The van der Waals surface area contributed by atoms with Crippen molar-refractivity contribution in [1.82, 2.24) is 0 Å². The molecular weight excluding hydrogens is 615 g/mol. The first-order chi connectivity index (χ1) is 3.71. The quantitative estimate of drug-likeness (QED) is 0.194. The first-order valence-electron chi connectivity index (χ1n) is 1.53. The SMILES string of the molecule is O=P(O)(O)OP(=O)(O)O.[Ca+2].[Ca+2].[Ca+2].[Ca+2].[Ca+2].[Ca+2].[Ca+2].[Ca+2].[Ca+2].[Ca+2].[Ca+2].[H-].[H-].[H-].[H-].[H-].[H-].[H-].[H-].[H-].[H-].[H-].[H-].[H-].[H-].[H-].[H-].[H-].[H-].[H-].[H-].[H-].[H-]. The second kappa shape index (κ2) is 46.5. The molecule has 0 bridgehead atoms. The smallest absolute Gasteiger partial charge is 1.00 e. The van der Waals surface area contributed by atoms with Gasteiger partial charge >= 0.3 is 431 Å². The molecule has 20 heavy (non-hydrogen) atoms. The predicted molar refractivity (Wildman–Crippen MR) is 113 cm³/mol. The zero-order chi connectivity index (χ0) is 7.71. The maximum Gasteiger partial charge on any atom is 2.00 e. The first kappa shape index (κ1) is 76.5. The van der Waals surface area contributed by atoms with Crippen LogP contribution in [0.3, 0.4) is 0 Å². The van der Waals surface area contributed by atoms with E-state index >= 15 is 0 Å². The summed E-state index contributed by atoms with van der Waals surface area (Å²) in [6, 6.07) is 0. The van der Waals surface area contributed by atoms with Crippen LogP contribution in [0, 0.1) is 0 Å². The van der Waals surface area contributed by atoms with Crippen LogP contribution in [0.15, 0.2) is 0 Å². The van der Waals surface area contributed by atoms with Gasteiger partial charge in [-0.2, -0.15) is 4.31 Å².